The van der Waals surface area contributed by atoms with Crippen LogP contribution in [0, 0.1) is 0 Å². The number of likely N-dealkylation sites (N-methyl/N-ethyl adjacent to an activating group) is 1. The number of carbonyl (C=O) groups is 2. The van der Waals surface area contributed by atoms with Crippen LogP contribution in [-0.4, -0.2) is 61.5 Å². The van der Waals surface area contributed by atoms with Gasteiger partial charge in [-0.05, 0) is 24.7 Å². The monoisotopic (exact) mass is 381 g/mol. The number of hydrogen-bond donors (Lipinski definition) is 1. The molecule has 2 aliphatic rings. The maximum absolute atomic E-state index is 12.9. The number of anilines is 1. The molecule has 1 unspecified atom stereocenters. The molecule has 0 aromatic heterocycles. The summed E-state index contributed by atoms with van der Waals surface area (Å²) in [4.78, 5) is 29.4. The normalized spacial score (nSPS) is 19.2. The van der Waals surface area contributed by atoms with Gasteiger partial charge in [0.25, 0.3) is 0 Å². The number of ether oxygens (including phenoxy) is 2. The maximum atomic E-state index is 12.9. The predicted molar refractivity (Wildman–Crippen MR) is 104 cm³/mol. The van der Waals surface area contributed by atoms with Crippen molar-refractivity contribution in [1.29, 1.82) is 0 Å². The van der Waals surface area contributed by atoms with Crippen molar-refractivity contribution < 1.29 is 19.1 Å². The Morgan fingerprint density at radius 1 is 1.00 bits per heavy atom. The van der Waals surface area contributed by atoms with Crippen LogP contribution in [0.15, 0.2) is 48.5 Å². The van der Waals surface area contributed by atoms with E-state index in [1.54, 1.807) is 23.1 Å². The second-order valence-electron chi connectivity index (χ2n) is 7.00. The molecule has 0 bridgehead atoms. The van der Waals surface area contributed by atoms with Gasteiger partial charge in [0.15, 0.2) is 11.5 Å². The van der Waals surface area contributed by atoms with E-state index in [0.717, 1.165) is 12.1 Å². The summed E-state index contributed by atoms with van der Waals surface area (Å²) in [6, 6.07) is 14.8. The van der Waals surface area contributed by atoms with Crippen LogP contribution in [0.5, 0.6) is 11.5 Å². The van der Waals surface area contributed by atoms with E-state index in [1.807, 2.05) is 37.4 Å². The minimum atomic E-state index is -0.651. The van der Waals surface area contributed by atoms with Crippen molar-refractivity contribution >= 4 is 17.5 Å². The molecule has 0 spiro atoms. The lowest BCUT2D eigenvalue weighted by atomic mass is 10.0. The second-order valence-corrected chi connectivity index (χ2v) is 7.00. The highest BCUT2D eigenvalue weighted by molar-refractivity contribution is 6.39. The van der Waals surface area contributed by atoms with Crippen LogP contribution in [0.1, 0.15) is 11.6 Å². The van der Waals surface area contributed by atoms with Crippen LogP contribution >= 0.6 is 0 Å². The van der Waals surface area contributed by atoms with Crippen LogP contribution in [0.2, 0.25) is 0 Å². The van der Waals surface area contributed by atoms with Crippen molar-refractivity contribution in [2.24, 2.45) is 0 Å². The zero-order valence-electron chi connectivity index (χ0n) is 15.8. The molecule has 1 fully saturated rings. The SMILES string of the molecule is CN1CCN(C(=O)C(=O)Nc2ccc3c(c2)OCCO3)C(c2ccccc2)C1. The van der Waals surface area contributed by atoms with Crippen molar-refractivity contribution in [3.05, 3.63) is 54.1 Å². The molecule has 2 aliphatic heterocycles. The summed E-state index contributed by atoms with van der Waals surface area (Å²) in [6.07, 6.45) is 0. The standard InChI is InChI=1S/C21H23N3O4/c1-23-9-10-24(17(14-23)15-5-3-2-4-6-15)21(26)20(25)22-16-7-8-18-19(13-16)28-12-11-27-18/h2-8,13,17H,9-12,14H2,1H3,(H,22,25). The van der Waals surface area contributed by atoms with Gasteiger partial charge in [-0.2, -0.15) is 0 Å². The first kappa shape index (κ1) is 18.3. The molecule has 0 radical (unpaired) electrons. The molecule has 0 saturated carbocycles. The molecular formula is C21H23N3O4. The number of fused-ring (bicyclic) bond motifs is 1. The molecule has 7 heteroatoms. The molecule has 4 rings (SSSR count). The van der Waals surface area contributed by atoms with Crippen LogP contribution in [0.4, 0.5) is 5.69 Å². The van der Waals surface area contributed by atoms with Crippen LogP contribution in [0.25, 0.3) is 0 Å². The van der Waals surface area contributed by atoms with Crippen molar-refractivity contribution in [3.63, 3.8) is 0 Å². The summed E-state index contributed by atoms with van der Waals surface area (Å²) in [5.74, 6) is 0.0241. The molecule has 1 atom stereocenters. The Morgan fingerprint density at radius 2 is 1.75 bits per heavy atom. The first-order valence-electron chi connectivity index (χ1n) is 9.37. The summed E-state index contributed by atoms with van der Waals surface area (Å²) in [7, 11) is 2.02. The largest absolute Gasteiger partial charge is 0.486 e. The molecule has 0 aliphatic carbocycles. The summed E-state index contributed by atoms with van der Waals surface area (Å²) in [6.45, 7) is 2.88. The highest BCUT2D eigenvalue weighted by atomic mass is 16.6. The van der Waals surface area contributed by atoms with Crippen molar-refractivity contribution in [2.45, 2.75) is 6.04 Å². The summed E-state index contributed by atoms with van der Waals surface area (Å²) in [5.41, 5.74) is 1.53. The van der Waals surface area contributed by atoms with Gasteiger partial charge in [0.2, 0.25) is 0 Å². The minimum absolute atomic E-state index is 0.154. The average Bonchev–Trinajstić information content (AvgIpc) is 2.73. The van der Waals surface area contributed by atoms with E-state index in [4.69, 9.17) is 9.47 Å². The van der Waals surface area contributed by atoms with Crippen LogP contribution in [-0.2, 0) is 9.59 Å². The fourth-order valence-electron chi connectivity index (χ4n) is 3.56. The van der Waals surface area contributed by atoms with Crippen molar-refractivity contribution in [1.82, 2.24) is 9.80 Å². The van der Waals surface area contributed by atoms with Crippen molar-refractivity contribution in [2.75, 3.05) is 45.2 Å². The van der Waals surface area contributed by atoms with E-state index in [0.29, 0.717) is 43.5 Å². The Morgan fingerprint density at radius 3 is 2.54 bits per heavy atom. The van der Waals surface area contributed by atoms with Gasteiger partial charge in [-0.25, -0.2) is 0 Å². The number of nitrogens with one attached hydrogen (secondary N) is 1. The lowest BCUT2D eigenvalue weighted by Crippen LogP contribution is -2.52. The number of rotatable bonds is 2. The van der Waals surface area contributed by atoms with Gasteiger partial charge < -0.3 is 24.6 Å². The molecule has 1 N–H and O–H groups in total. The number of nitrogens with zero attached hydrogens (tertiary/aromatic N) is 2. The first-order chi connectivity index (χ1) is 13.6. The lowest BCUT2D eigenvalue weighted by Gasteiger charge is -2.39. The van der Waals surface area contributed by atoms with E-state index in [-0.39, 0.29) is 6.04 Å². The zero-order chi connectivity index (χ0) is 19.5. The van der Waals surface area contributed by atoms with E-state index < -0.39 is 11.8 Å². The molecule has 2 heterocycles. The van der Waals surface area contributed by atoms with E-state index in [1.165, 1.54) is 0 Å². The maximum Gasteiger partial charge on any atom is 0.313 e. The summed E-state index contributed by atoms with van der Waals surface area (Å²) in [5, 5.41) is 2.69. The minimum Gasteiger partial charge on any atom is -0.486 e. The topological polar surface area (TPSA) is 71.1 Å². The zero-order valence-corrected chi connectivity index (χ0v) is 15.8. The molecule has 2 aromatic rings. The highest BCUT2D eigenvalue weighted by Crippen LogP contribution is 2.32. The third-order valence-electron chi connectivity index (χ3n) is 5.02. The molecule has 2 amide bonds. The Labute approximate surface area is 163 Å². The number of carbonyl (C=O) groups excluding carboxylic acids is 2. The van der Waals surface area contributed by atoms with E-state index in [2.05, 4.69) is 10.2 Å². The number of amides is 2. The summed E-state index contributed by atoms with van der Waals surface area (Å²) < 4.78 is 11.0. The summed E-state index contributed by atoms with van der Waals surface area (Å²) >= 11 is 0. The fraction of sp³-hybridized carbons (Fsp3) is 0.333. The van der Waals surface area contributed by atoms with Gasteiger partial charge in [-0.3, -0.25) is 9.59 Å². The van der Waals surface area contributed by atoms with E-state index >= 15 is 0 Å². The first-order valence-corrected chi connectivity index (χ1v) is 9.37. The molecule has 28 heavy (non-hydrogen) atoms. The predicted octanol–water partition coefficient (Wildman–Crippen LogP) is 1.91. The van der Waals surface area contributed by atoms with Gasteiger partial charge >= 0.3 is 11.8 Å². The Hall–Kier alpha value is -3.06. The molecular weight excluding hydrogens is 358 g/mol. The van der Waals surface area contributed by atoms with Gasteiger partial charge in [0.1, 0.15) is 13.2 Å². The lowest BCUT2D eigenvalue weighted by molar-refractivity contribution is -0.146. The second kappa shape index (κ2) is 7.90. The van der Waals surface area contributed by atoms with Gasteiger partial charge in [-0.15, -0.1) is 0 Å². The number of piperazine rings is 1. The molecule has 7 nitrogen and oxygen atoms in total. The van der Waals surface area contributed by atoms with E-state index in [9.17, 15) is 9.59 Å². The van der Waals surface area contributed by atoms with Crippen LogP contribution in [0.3, 0.4) is 0 Å². The Bertz CT molecular complexity index is 871. The third kappa shape index (κ3) is 3.80. The molecule has 2 aromatic carbocycles. The Kier molecular flexibility index (Phi) is 5.16. The smallest absolute Gasteiger partial charge is 0.313 e. The Balaban J connectivity index is 1.50. The molecule has 1 saturated heterocycles. The van der Waals surface area contributed by atoms with Gasteiger partial charge in [0.05, 0.1) is 6.04 Å². The average molecular weight is 381 g/mol. The van der Waals surface area contributed by atoms with Gasteiger partial charge in [-0.1, -0.05) is 30.3 Å². The third-order valence-corrected chi connectivity index (χ3v) is 5.02. The fourth-order valence-corrected chi connectivity index (χ4v) is 3.56. The van der Waals surface area contributed by atoms with Crippen LogP contribution < -0.4 is 14.8 Å². The number of benzene rings is 2. The quantitative estimate of drug-likeness (QED) is 0.805. The molecule has 146 valence electrons. The highest BCUT2D eigenvalue weighted by Gasteiger charge is 2.33. The van der Waals surface area contributed by atoms with Crippen molar-refractivity contribution in [3.8, 4) is 11.5 Å². The van der Waals surface area contributed by atoms with Gasteiger partial charge in [0, 0.05) is 31.4 Å². The number of hydrogen-bond acceptors (Lipinski definition) is 5.